The van der Waals surface area contributed by atoms with Gasteiger partial charge in [-0.05, 0) is 65.2 Å². The Balaban J connectivity index is 2.36. The summed E-state index contributed by atoms with van der Waals surface area (Å²) in [6, 6.07) is 4.23. The minimum absolute atomic E-state index is 0.0201. The molecular weight excluding hydrogens is 356 g/mol. The van der Waals surface area contributed by atoms with E-state index in [0.717, 1.165) is 6.42 Å². The fourth-order valence-electron chi connectivity index (χ4n) is 2.82. The summed E-state index contributed by atoms with van der Waals surface area (Å²) in [5, 5.41) is 8.71. The Morgan fingerprint density at radius 3 is 2.48 bits per heavy atom. The molecule has 0 saturated heterocycles. The van der Waals surface area contributed by atoms with Crippen LogP contribution >= 0.6 is 15.9 Å². The van der Waals surface area contributed by atoms with E-state index in [4.69, 9.17) is 5.11 Å². The summed E-state index contributed by atoms with van der Waals surface area (Å²) in [4.78, 5) is 11.3. The van der Waals surface area contributed by atoms with Gasteiger partial charge in [-0.3, -0.25) is 0 Å². The number of halogens is 1. The second-order valence-corrected chi connectivity index (χ2v) is 8.96. The predicted molar refractivity (Wildman–Crippen MR) is 84.3 cm³/mol. The number of aromatic carboxylic acids is 1. The predicted octanol–water partition coefficient (Wildman–Crippen LogP) is 3.75. The normalized spacial score (nSPS) is 26.5. The number of carboxylic acids is 1. The second-order valence-electron chi connectivity index (χ2n) is 5.88. The molecule has 3 atom stereocenters. The molecule has 0 aliphatic heterocycles. The lowest BCUT2D eigenvalue weighted by Gasteiger charge is -2.31. The smallest absolute Gasteiger partial charge is 0.336 e. The second kappa shape index (κ2) is 6.08. The van der Waals surface area contributed by atoms with Gasteiger partial charge in [-0.25, -0.2) is 13.2 Å². The zero-order valence-corrected chi connectivity index (χ0v) is 14.4. The van der Waals surface area contributed by atoms with Crippen LogP contribution in [-0.2, 0) is 9.84 Å². The topological polar surface area (TPSA) is 71.4 Å². The summed E-state index contributed by atoms with van der Waals surface area (Å²) in [6.45, 7) is 4.23. The number of sulfone groups is 1. The first-order valence-corrected chi connectivity index (χ1v) is 9.34. The molecule has 0 bridgehead atoms. The Kier molecular flexibility index (Phi) is 4.78. The largest absolute Gasteiger partial charge is 0.478 e. The van der Waals surface area contributed by atoms with Gasteiger partial charge in [-0.1, -0.05) is 13.8 Å². The quantitative estimate of drug-likeness (QED) is 0.874. The number of rotatable bonds is 3. The molecule has 0 amide bonds. The summed E-state index contributed by atoms with van der Waals surface area (Å²) < 4.78 is 25.8. The molecule has 116 valence electrons. The van der Waals surface area contributed by atoms with Gasteiger partial charge >= 0.3 is 5.97 Å². The maximum Gasteiger partial charge on any atom is 0.336 e. The van der Waals surface area contributed by atoms with E-state index in [0.29, 0.717) is 29.2 Å². The Bertz CT molecular complexity index is 654. The molecule has 21 heavy (non-hydrogen) atoms. The van der Waals surface area contributed by atoms with Gasteiger partial charge < -0.3 is 5.11 Å². The minimum atomic E-state index is -3.48. The third-order valence-electron chi connectivity index (χ3n) is 4.49. The molecule has 1 aromatic carbocycles. The number of hydrogen-bond acceptors (Lipinski definition) is 3. The summed E-state index contributed by atoms with van der Waals surface area (Å²) in [6.07, 6.45) is 2.18. The van der Waals surface area contributed by atoms with Crippen molar-refractivity contribution in [2.24, 2.45) is 11.8 Å². The van der Waals surface area contributed by atoms with Gasteiger partial charge in [-0.15, -0.1) is 0 Å². The van der Waals surface area contributed by atoms with E-state index in [-0.39, 0.29) is 10.5 Å². The van der Waals surface area contributed by atoms with Crippen LogP contribution in [0.25, 0.3) is 0 Å². The van der Waals surface area contributed by atoms with Crippen LogP contribution in [0.1, 0.15) is 43.5 Å². The van der Waals surface area contributed by atoms with Crippen molar-refractivity contribution in [3.63, 3.8) is 0 Å². The molecule has 2 rings (SSSR count). The lowest BCUT2D eigenvalue weighted by Crippen LogP contribution is -2.31. The fourth-order valence-corrected chi connectivity index (χ4v) is 5.16. The highest BCUT2D eigenvalue weighted by molar-refractivity contribution is 9.10. The highest BCUT2D eigenvalue weighted by Crippen LogP contribution is 2.36. The Hall–Kier alpha value is -0.880. The third-order valence-corrected chi connectivity index (χ3v) is 7.39. The molecule has 1 aromatic rings. The van der Waals surface area contributed by atoms with Crippen LogP contribution in [0.5, 0.6) is 0 Å². The third kappa shape index (κ3) is 3.31. The minimum Gasteiger partial charge on any atom is -0.478 e. The first kappa shape index (κ1) is 16.5. The summed E-state index contributed by atoms with van der Waals surface area (Å²) in [5.41, 5.74) is -0.0201. The standard InChI is InChI=1S/C15H19BrO4S/c1-9-3-4-11(7-10(9)2)21(19,20)12-5-6-14(16)13(8-12)15(17)18/h5-6,8-11H,3-4,7H2,1-2H3,(H,17,18). The van der Waals surface area contributed by atoms with E-state index in [1.54, 1.807) is 0 Å². The fraction of sp³-hybridized carbons (Fsp3) is 0.533. The van der Waals surface area contributed by atoms with Crippen molar-refractivity contribution >= 4 is 31.7 Å². The van der Waals surface area contributed by atoms with E-state index in [1.807, 2.05) is 0 Å². The number of carbonyl (C=O) groups is 1. The van der Waals surface area contributed by atoms with E-state index < -0.39 is 21.1 Å². The molecule has 1 saturated carbocycles. The van der Waals surface area contributed by atoms with Crippen molar-refractivity contribution in [2.75, 3.05) is 0 Å². The van der Waals surface area contributed by atoms with Crippen LogP contribution in [0.2, 0.25) is 0 Å². The Morgan fingerprint density at radius 2 is 1.90 bits per heavy atom. The van der Waals surface area contributed by atoms with Crippen LogP contribution in [0.4, 0.5) is 0 Å². The lowest BCUT2D eigenvalue weighted by molar-refractivity contribution is 0.0695. The zero-order chi connectivity index (χ0) is 15.8. The van der Waals surface area contributed by atoms with Crippen molar-refractivity contribution in [1.82, 2.24) is 0 Å². The average molecular weight is 375 g/mol. The molecule has 6 heteroatoms. The molecule has 0 radical (unpaired) electrons. The van der Waals surface area contributed by atoms with Gasteiger partial charge in [0.15, 0.2) is 9.84 Å². The molecule has 1 fully saturated rings. The van der Waals surface area contributed by atoms with Crippen LogP contribution in [0, 0.1) is 11.8 Å². The van der Waals surface area contributed by atoms with Crippen LogP contribution in [-0.4, -0.2) is 24.7 Å². The maximum absolute atomic E-state index is 12.7. The van der Waals surface area contributed by atoms with Crippen LogP contribution < -0.4 is 0 Å². The Morgan fingerprint density at radius 1 is 1.24 bits per heavy atom. The molecule has 1 N–H and O–H groups in total. The number of benzene rings is 1. The summed E-state index contributed by atoms with van der Waals surface area (Å²) in [7, 11) is -3.48. The number of carboxylic acid groups (broad SMARTS) is 1. The molecule has 3 unspecified atom stereocenters. The van der Waals surface area contributed by atoms with Gasteiger partial charge in [0.05, 0.1) is 15.7 Å². The molecule has 0 heterocycles. The van der Waals surface area contributed by atoms with Gasteiger partial charge in [-0.2, -0.15) is 0 Å². The van der Waals surface area contributed by atoms with E-state index in [1.165, 1.54) is 18.2 Å². The zero-order valence-electron chi connectivity index (χ0n) is 12.0. The van der Waals surface area contributed by atoms with Crippen molar-refractivity contribution in [1.29, 1.82) is 0 Å². The van der Waals surface area contributed by atoms with Gasteiger partial charge in [0.1, 0.15) is 0 Å². The lowest BCUT2D eigenvalue weighted by atomic mass is 9.81. The summed E-state index contributed by atoms with van der Waals surface area (Å²) in [5.74, 6) is -0.228. The van der Waals surface area contributed by atoms with E-state index in [9.17, 15) is 13.2 Å². The van der Waals surface area contributed by atoms with Gasteiger partial charge in [0, 0.05) is 4.47 Å². The summed E-state index contributed by atoms with van der Waals surface area (Å²) >= 11 is 3.14. The van der Waals surface area contributed by atoms with Crippen LogP contribution in [0.3, 0.4) is 0 Å². The number of hydrogen-bond donors (Lipinski definition) is 1. The maximum atomic E-state index is 12.7. The van der Waals surface area contributed by atoms with Gasteiger partial charge in [0.25, 0.3) is 0 Å². The molecule has 0 spiro atoms. The first-order chi connectivity index (χ1) is 9.73. The van der Waals surface area contributed by atoms with Crippen LogP contribution in [0.15, 0.2) is 27.6 Å². The molecule has 4 nitrogen and oxygen atoms in total. The van der Waals surface area contributed by atoms with E-state index in [2.05, 4.69) is 29.8 Å². The highest BCUT2D eigenvalue weighted by Gasteiger charge is 2.34. The molecule has 1 aliphatic rings. The SMILES string of the molecule is CC1CCC(S(=O)(=O)c2ccc(Br)c(C(=O)O)c2)CC1C. The molecule has 1 aliphatic carbocycles. The molecule has 0 aromatic heterocycles. The Labute approximate surface area is 133 Å². The van der Waals surface area contributed by atoms with Crippen molar-refractivity contribution in [3.05, 3.63) is 28.2 Å². The van der Waals surface area contributed by atoms with Crippen molar-refractivity contribution in [3.8, 4) is 0 Å². The first-order valence-electron chi connectivity index (χ1n) is 7.00. The van der Waals surface area contributed by atoms with Crippen molar-refractivity contribution < 1.29 is 18.3 Å². The highest BCUT2D eigenvalue weighted by atomic mass is 79.9. The van der Waals surface area contributed by atoms with Crippen molar-refractivity contribution in [2.45, 2.75) is 43.3 Å². The molecular formula is C15H19BrO4S. The van der Waals surface area contributed by atoms with Gasteiger partial charge in [0.2, 0.25) is 0 Å². The average Bonchev–Trinajstić information content (AvgIpc) is 2.41. The van der Waals surface area contributed by atoms with E-state index >= 15 is 0 Å². The monoisotopic (exact) mass is 374 g/mol.